The van der Waals surface area contributed by atoms with Crippen molar-refractivity contribution < 1.29 is 19.4 Å². The summed E-state index contributed by atoms with van der Waals surface area (Å²) in [6.07, 6.45) is 1.38. The number of aromatic hydroxyl groups is 1. The van der Waals surface area contributed by atoms with Gasteiger partial charge in [-0.15, -0.1) is 0 Å². The lowest BCUT2D eigenvalue weighted by molar-refractivity contribution is -0.131. The minimum absolute atomic E-state index is 0.0200. The number of hydrogen-bond donors (Lipinski definition) is 1. The number of hydrogen-bond acceptors (Lipinski definition) is 5. The summed E-state index contributed by atoms with van der Waals surface area (Å²) in [5.41, 5.74) is 1.65. The molecule has 1 heterocycles. The molecular formula is C23H28N2O4. The van der Waals surface area contributed by atoms with Crippen LogP contribution in [-0.4, -0.2) is 54.5 Å². The van der Waals surface area contributed by atoms with Crippen LogP contribution in [0.3, 0.4) is 0 Å². The summed E-state index contributed by atoms with van der Waals surface area (Å²) >= 11 is 0. The van der Waals surface area contributed by atoms with Crippen LogP contribution >= 0.6 is 0 Å². The predicted molar refractivity (Wildman–Crippen MR) is 113 cm³/mol. The zero-order valence-corrected chi connectivity index (χ0v) is 16.8. The molecule has 154 valence electrons. The maximum atomic E-state index is 12.5. The molecule has 0 spiro atoms. The van der Waals surface area contributed by atoms with Crippen molar-refractivity contribution in [3.05, 3.63) is 54.1 Å². The second kappa shape index (κ2) is 9.96. The van der Waals surface area contributed by atoms with Crippen molar-refractivity contribution in [2.45, 2.75) is 26.2 Å². The predicted octanol–water partition coefficient (Wildman–Crippen LogP) is 3.49. The minimum Gasteiger partial charge on any atom is -0.508 e. The quantitative estimate of drug-likeness (QED) is 0.692. The van der Waals surface area contributed by atoms with Crippen LogP contribution in [0.15, 0.2) is 48.5 Å². The number of Topliss-reactive ketones (excluding diaryl/α,β-unsaturated/α-hetero) is 1. The summed E-state index contributed by atoms with van der Waals surface area (Å²) in [5, 5.41) is 9.40. The smallest absolute Gasteiger partial charge is 0.223 e. The van der Waals surface area contributed by atoms with Crippen LogP contribution in [0.5, 0.6) is 11.5 Å². The molecule has 0 aromatic heterocycles. The Kier molecular flexibility index (Phi) is 7.11. The number of amides is 1. The van der Waals surface area contributed by atoms with E-state index in [1.54, 1.807) is 36.4 Å². The number of piperazine rings is 1. The second-order valence-corrected chi connectivity index (χ2v) is 7.18. The highest BCUT2D eigenvalue weighted by molar-refractivity contribution is 5.98. The van der Waals surface area contributed by atoms with Gasteiger partial charge < -0.3 is 19.6 Å². The zero-order chi connectivity index (χ0) is 20.6. The molecule has 0 unspecified atom stereocenters. The van der Waals surface area contributed by atoms with Crippen molar-refractivity contribution in [2.24, 2.45) is 0 Å². The van der Waals surface area contributed by atoms with Crippen LogP contribution in [-0.2, 0) is 4.79 Å². The van der Waals surface area contributed by atoms with E-state index < -0.39 is 0 Å². The van der Waals surface area contributed by atoms with E-state index in [4.69, 9.17) is 4.74 Å². The van der Waals surface area contributed by atoms with Gasteiger partial charge in [0.2, 0.25) is 5.91 Å². The van der Waals surface area contributed by atoms with Gasteiger partial charge in [-0.25, -0.2) is 0 Å². The van der Waals surface area contributed by atoms with Gasteiger partial charge in [0.15, 0.2) is 5.78 Å². The van der Waals surface area contributed by atoms with Gasteiger partial charge in [-0.2, -0.15) is 0 Å². The average Bonchev–Trinajstić information content (AvgIpc) is 2.77. The fourth-order valence-corrected chi connectivity index (χ4v) is 3.36. The van der Waals surface area contributed by atoms with E-state index in [0.29, 0.717) is 25.3 Å². The number of nitrogens with zero attached hydrogens (tertiary/aromatic N) is 2. The van der Waals surface area contributed by atoms with E-state index in [0.717, 1.165) is 30.9 Å². The first-order valence-corrected chi connectivity index (χ1v) is 10.1. The van der Waals surface area contributed by atoms with Crippen molar-refractivity contribution in [3.63, 3.8) is 0 Å². The Balaban J connectivity index is 1.43. The zero-order valence-electron chi connectivity index (χ0n) is 16.8. The standard InChI is InChI=1S/C23H28N2O4/c1-2-17-29-21-9-3-18(4-10-21)22(27)11-12-23(28)25-15-13-24(14-16-25)19-5-7-20(26)8-6-19/h3-10,26H,2,11-17H2,1H3. The summed E-state index contributed by atoms with van der Waals surface area (Å²) in [7, 11) is 0. The summed E-state index contributed by atoms with van der Waals surface area (Å²) < 4.78 is 5.53. The largest absolute Gasteiger partial charge is 0.508 e. The third kappa shape index (κ3) is 5.73. The minimum atomic E-state index is -0.0249. The van der Waals surface area contributed by atoms with Gasteiger partial charge in [-0.05, 0) is 55.0 Å². The highest BCUT2D eigenvalue weighted by Crippen LogP contribution is 2.20. The highest BCUT2D eigenvalue weighted by atomic mass is 16.5. The van der Waals surface area contributed by atoms with Crippen molar-refractivity contribution >= 4 is 17.4 Å². The van der Waals surface area contributed by atoms with Gasteiger partial charge in [-0.1, -0.05) is 6.92 Å². The molecular weight excluding hydrogens is 368 g/mol. The van der Waals surface area contributed by atoms with Crippen LogP contribution in [0.1, 0.15) is 36.5 Å². The van der Waals surface area contributed by atoms with Gasteiger partial charge in [0.25, 0.3) is 0 Å². The van der Waals surface area contributed by atoms with E-state index in [-0.39, 0.29) is 30.3 Å². The van der Waals surface area contributed by atoms with E-state index in [1.165, 1.54) is 0 Å². The Hall–Kier alpha value is -3.02. The van der Waals surface area contributed by atoms with E-state index in [2.05, 4.69) is 4.90 Å². The number of carbonyl (C=O) groups is 2. The fourth-order valence-electron chi connectivity index (χ4n) is 3.36. The lowest BCUT2D eigenvalue weighted by Gasteiger charge is -2.36. The third-order valence-electron chi connectivity index (χ3n) is 5.06. The molecule has 1 saturated heterocycles. The molecule has 1 aliphatic heterocycles. The molecule has 3 rings (SSSR count). The first-order chi connectivity index (χ1) is 14.1. The van der Waals surface area contributed by atoms with Crippen molar-refractivity contribution in [1.82, 2.24) is 4.90 Å². The maximum Gasteiger partial charge on any atom is 0.223 e. The lowest BCUT2D eigenvalue weighted by atomic mass is 10.1. The fraction of sp³-hybridized carbons (Fsp3) is 0.391. The molecule has 6 nitrogen and oxygen atoms in total. The molecule has 29 heavy (non-hydrogen) atoms. The molecule has 1 N–H and O–H groups in total. The number of carbonyl (C=O) groups excluding carboxylic acids is 2. The third-order valence-corrected chi connectivity index (χ3v) is 5.06. The Bertz CT molecular complexity index is 810. The van der Waals surface area contributed by atoms with Crippen LogP contribution < -0.4 is 9.64 Å². The monoisotopic (exact) mass is 396 g/mol. The van der Waals surface area contributed by atoms with Crippen LogP contribution in [0.25, 0.3) is 0 Å². The summed E-state index contributed by atoms with van der Waals surface area (Å²) in [5.74, 6) is 0.996. The Morgan fingerprint density at radius 2 is 1.59 bits per heavy atom. The first-order valence-electron chi connectivity index (χ1n) is 10.1. The molecule has 2 aromatic rings. The molecule has 1 fully saturated rings. The summed E-state index contributed by atoms with van der Waals surface area (Å²) in [6, 6.07) is 14.2. The van der Waals surface area contributed by atoms with Crippen LogP contribution in [0, 0.1) is 0 Å². The van der Waals surface area contributed by atoms with E-state index >= 15 is 0 Å². The molecule has 0 saturated carbocycles. The Morgan fingerprint density at radius 1 is 0.931 bits per heavy atom. The van der Waals surface area contributed by atoms with Gasteiger partial charge in [0, 0.05) is 50.3 Å². The van der Waals surface area contributed by atoms with Gasteiger partial charge >= 0.3 is 0 Å². The molecule has 1 aliphatic rings. The molecule has 1 amide bonds. The SMILES string of the molecule is CCCOc1ccc(C(=O)CCC(=O)N2CCN(c3ccc(O)cc3)CC2)cc1. The van der Waals surface area contributed by atoms with Gasteiger partial charge in [0.1, 0.15) is 11.5 Å². The molecule has 0 aliphatic carbocycles. The molecule has 0 atom stereocenters. The topological polar surface area (TPSA) is 70.1 Å². The van der Waals surface area contributed by atoms with Gasteiger partial charge in [-0.3, -0.25) is 9.59 Å². The summed E-state index contributed by atoms with van der Waals surface area (Å²) in [4.78, 5) is 28.9. The first kappa shape index (κ1) is 20.7. The van der Waals surface area contributed by atoms with Crippen LogP contribution in [0.2, 0.25) is 0 Å². The van der Waals surface area contributed by atoms with Crippen LogP contribution in [0.4, 0.5) is 5.69 Å². The number of phenolic OH excluding ortho intramolecular Hbond substituents is 1. The molecule has 6 heteroatoms. The number of anilines is 1. The van der Waals surface area contributed by atoms with Crippen molar-refractivity contribution in [3.8, 4) is 11.5 Å². The van der Waals surface area contributed by atoms with Gasteiger partial charge in [0.05, 0.1) is 6.61 Å². The highest BCUT2D eigenvalue weighted by Gasteiger charge is 2.22. The number of benzene rings is 2. The summed E-state index contributed by atoms with van der Waals surface area (Å²) in [6.45, 7) is 5.45. The van der Waals surface area contributed by atoms with Crippen molar-refractivity contribution in [2.75, 3.05) is 37.7 Å². The van der Waals surface area contributed by atoms with E-state index in [1.807, 2.05) is 24.0 Å². The second-order valence-electron chi connectivity index (χ2n) is 7.18. The van der Waals surface area contributed by atoms with E-state index in [9.17, 15) is 14.7 Å². The number of ketones is 1. The number of phenols is 1. The normalized spacial score (nSPS) is 14.0. The maximum absolute atomic E-state index is 12.5. The lowest BCUT2D eigenvalue weighted by Crippen LogP contribution is -2.48. The molecule has 2 aromatic carbocycles. The average molecular weight is 396 g/mol. The Morgan fingerprint density at radius 3 is 2.21 bits per heavy atom. The number of ether oxygens (including phenoxy) is 1. The molecule has 0 radical (unpaired) electrons. The Labute approximate surface area is 171 Å². The van der Waals surface area contributed by atoms with Crippen molar-refractivity contribution in [1.29, 1.82) is 0 Å². The number of rotatable bonds is 8. The molecule has 0 bridgehead atoms.